The predicted molar refractivity (Wildman–Crippen MR) is 89.3 cm³/mol. The molecule has 0 radical (unpaired) electrons. The minimum absolute atomic E-state index is 0.0378. The molecular formula is C18H19N3O2. The number of ether oxygens (including phenoxy) is 1. The third-order valence-electron chi connectivity index (χ3n) is 3.84. The van der Waals surface area contributed by atoms with Crippen LogP contribution in [-0.4, -0.2) is 23.0 Å². The van der Waals surface area contributed by atoms with Gasteiger partial charge in [0, 0.05) is 12.4 Å². The first kappa shape index (κ1) is 15.1. The number of aromatic amines is 1. The van der Waals surface area contributed by atoms with Gasteiger partial charge in [-0.1, -0.05) is 24.3 Å². The lowest BCUT2D eigenvalue weighted by Gasteiger charge is -2.13. The van der Waals surface area contributed by atoms with Gasteiger partial charge in [-0.2, -0.15) is 0 Å². The summed E-state index contributed by atoms with van der Waals surface area (Å²) in [5.41, 5.74) is 0.977. The van der Waals surface area contributed by atoms with Gasteiger partial charge in [-0.05, 0) is 35.4 Å². The largest absolute Gasteiger partial charge is 0.497 e. The fourth-order valence-electron chi connectivity index (χ4n) is 2.65. The van der Waals surface area contributed by atoms with Crippen LogP contribution in [0.4, 0.5) is 0 Å². The number of carbonyl (C=O) groups excluding carboxylic acids is 1. The zero-order chi connectivity index (χ0) is 16.2. The molecule has 118 valence electrons. The van der Waals surface area contributed by atoms with E-state index in [4.69, 9.17) is 4.74 Å². The SMILES string of the molecule is COc1ccc2cccc(CC(=O)N[C@@H](C)c3ncc[nH]3)c2c1. The molecule has 3 rings (SSSR count). The maximum absolute atomic E-state index is 12.3. The molecule has 0 unspecified atom stereocenters. The molecule has 0 spiro atoms. The summed E-state index contributed by atoms with van der Waals surface area (Å²) in [5, 5.41) is 5.09. The highest BCUT2D eigenvalue weighted by atomic mass is 16.5. The number of H-pyrrole nitrogens is 1. The molecule has 3 aromatic rings. The van der Waals surface area contributed by atoms with Crippen LogP contribution in [0.15, 0.2) is 48.8 Å². The van der Waals surface area contributed by atoms with E-state index < -0.39 is 0 Å². The molecule has 0 aliphatic carbocycles. The van der Waals surface area contributed by atoms with Crippen molar-refractivity contribution in [1.82, 2.24) is 15.3 Å². The lowest BCUT2D eigenvalue weighted by atomic mass is 10.0. The number of fused-ring (bicyclic) bond motifs is 1. The van der Waals surface area contributed by atoms with Crippen molar-refractivity contribution >= 4 is 16.7 Å². The van der Waals surface area contributed by atoms with Crippen LogP contribution in [-0.2, 0) is 11.2 Å². The van der Waals surface area contributed by atoms with E-state index in [1.165, 1.54) is 0 Å². The van der Waals surface area contributed by atoms with E-state index in [2.05, 4.69) is 15.3 Å². The van der Waals surface area contributed by atoms with Crippen molar-refractivity contribution in [1.29, 1.82) is 0 Å². The molecule has 1 aromatic heterocycles. The van der Waals surface area contributed by atoms with Gasteiger partial charge in [0.15, 0.2) is 0 Å². The van der Waals surface area contributed by atoms with E-state index in [0.29, 0.717) is 6.42 Å². The molecular weight excluding hydrogens is 290 g/mol. The number of carbonyl (C=O) groups is 1. The first-order chi connectivity index (χ1) is 11.2. The predicted octanol–water partition coefficient (Wildman–Crippen LogP) is 2.99. The number of methoxy groups -OCH3 is 1. The van der Waals surface area contributed by atoms with Gasteiger partial charge >= 0.3 is 0 Å². The molecule has 0 saturated heterocycles. The van der Waals surface area contributed by atoms with E-state index in [9.17, 15) is 4.79 Å². The molecule has 0 bridgehead atoms. The number of amides is 1. The number of nitrogens with zero attached hydrogens (tertiary/aromatic N) is 1. The lowest BCUT2D eigenvalue weighted by Crippen LogP contribution is -2.28. The summed E-state index contributed by atoms with van der Waals surface area (Å²) in [5.74, 6) is 1.50. The standard InChI is InChI=1S/C18H19N3O2/c1-12(18-19-8-9-20-18)21-17(22)10-14-5-3-4-13-6-7-15(23-2)11-16(13)14/h3-9,11-12H,10H2,1-2H3,(H,19,20)(H,21,22)/t12-/m0/s1. The van der Waals surface area contributed by atoms with Crippen LogP contribution in [0.5, 0.6) is 5.75 Å². The summed E-state index contributed by atoms with van der Waals surface area (Å²) < 4.78 is 5.28. The third kappa shape index (κ3) is 3.34. The van der Waals surface area contributed by atoms with Crippen molar-refractivity contribution < 1.29 is 9.53 Å². The first-order valence-corrected chi connectivity index (χ1v) is 7.51. The molecule has 5 heteroatoms. The Morgan fingerprint density at radius 2 is 2.22 bits per heavy atom. The van der Waals surface area contributed by atoms with Crippen LogP contribution in [0.1, 0.15) is 24.4 Å². The van der Waals surface area contributed by atoms with Crippen LogP contribution < -0.4 is 10.1 Å². The van der Waals surface area contributed by atoms with Gasteiger partial charge in [-0.25, -0.2) is 4.98 Å². The van der Waals surface area contributed by atoms with Gasteiger partial charge in [0.05, 0.1) is 19.6 Å². The fourth-order valence-corrected chi connectivity index (χ4v) is 2.65. The van der Waals surface area contributed by atoms with Crippen LogP contribution in [0.3, 0.4) is 0 Å². The molecule has 0 saturated carbocycles. The van der Waals surface area contributed by atoms with Crippen molar-refractivity contribution in [2.24, 2.45) is 0 Å². The van der Waals surface area contributed by atoms with Crippen molar-refractivity contribution in [2.45, 2.75) is 19.4 Å². The molecule has 1 atom stereocenters. The number of rotatable bonds is 5. The Labute approximate surface area is 134 Å². The summed E-state index contributed by atoms with van der Waals surface area (Å²) in [4.78, 5) is 19.5. The van der Waals surface area contributed by atoms with Crippen LogP contribution in [0, 0.1) is 0 Å². The Kier molecular flexibility index (Phi) is 4.28. The first-order valence-electron chi connectivity index (χ1n) is 7.51. The second-order valence-corrected chi connectivity index (χ2v) is 5.44. The Morgan fingerprint density at radius 3 is 2.96 bits per heavy atom. The number of nitrogens with one attached hydrogen (secondary N) is 2. The second kappa shape index (κ2) is 6.52. The lowest BCUT2D eigenvalue weighted by molar-refractivity contribution is -0.121. The molecule has 23 heavy (non-hydrogen) atoms. The highest BCUT2D eigenvalue weighted by Crippen LogP contribution is 2.24. The monoisotopic (exact) mass is 309 g/mol. The highest BCUT2D eigenvalue weighted by Gasteiger charge is 2.13. The molecule has 1 amide bonds. The van der Waals surface area contributed by atoms with Crippen molar-refractivity contribution in [3.63, 3.8) is 0 Å². The highest BCUT2D eigenvalue weighted by molar-refractivity contribution is 5.91. The minimum Gasteiger partial charge on any atom is -0.497 e. The Balaban J connectivity index is 1.79. The second-order valence-electron chi connectivity index (χ2n) is 5.44. The number of benzene rings is 2. The third-order valence-corrected chi connectivity index (χ3v) is 3.84. The smallest absolute Gasteiger partial charge is 0.225 e. The zero-order valence-electron chi connectivity index (χ0n) is 13.2. The van der Waals surface area contributed by atoms with Gasteiger partial charge in [0.2, 0.25) is 5.91 Å². The molecule has 5 nitrogen and oxygen atoms in total. The summed E-state index contributed by atoms with van der Waals surface area (Å²) in [6.45, 7) is 1.91. The quantitative estimate of drug-likeness (QED) is 0.761. The van der Waals surface area contributed by atoms with Gasteiger partial charge < -0.3 is 15.0 Å². The fraction of sp³-hybridized carbons (Fsp3) is 0.222. The van der Waals surface area contributed by atoms with Crippen LogP contribution >= 0.6 is 0 Å². The van der Waals surface area contributed by atoms with Crippen LogP contribution in [0.2, 0.25) is 0 Å². The summed E-state index contributed by atoms with van der Waals surface area (Å²) in [7, 11) is 1.64. The topological polar surface area (TPSA) is 67.0 Å². The average molecular weight is 309 g/mol. The summed E-state index contributed by atoms with van der Waals surface area (Å²) in [6, 6.07) is 11.7. The maximum atomic E-state index is 12.3. The molecule has 2 N–H and O–H groups in total. The van der Waals surface area contributed by atoms with Gasteiger partial charge in [-0.3, -0.25) is 4.79 Å². The number of hydrogen-bond donors (Lipinski definition) is 2. The number of aromatic nitrogens is 2. The number of hydrogen-bond acceptors (Lipinski definition) is 3. The average Bonchev–Trinajstić information content (AvgIpc) is 3.09. The molecule has 0 fully saturated rings. The van der Waals surface area contributed by atoms with E-state index >= 15 is 0 Å². The van der Waals surface area contributed by atoms with Crippen molar-refractivity contribution in [2.75, 3.05) is 7.11 Å². The Bertz CT molecular complexity index is 812. The normalized spacial score (nSPS) is 12.1. The van der Waals surface area contributed by atoms with E-state index in [1.54, 1.807) is 19.5 Å². The van der Waals surface area contributed by atoms with E-state index in [1.807, 2.05) is 43.3 Å². The van der Waals surface area contributed by atoms with Crippen molar-refractivity contribution in [3.8, 4) is 5.75 Å². The molecule has 0 aliphatic rings. The van der Waals surface area contributed by atoms with Gasteiger partial charge in [0.1, 0.15) is 11.6 Å². The Morgan fingerprint density at radius 1 is 1.35 bits per heavy atom. The minimum atomic E-state index is -0.151. The zero-order valence-corrected chi connectivity index (χ0v) is 13.2. The van der Waals surface area contributed by atoms with Crippen LogP contribution in [0.25, 0.3) is 10.8 Å². The van der Waals surface area contributed by atoms with Gasteiger partial charge in [0.25, 0.3) is 0 Å². The number of imidazole rings is 1. The molecule has 0 aliphatic heterocycles. The molecule has 1 heterocycles. The molecule has 2 aromatic carbocycles. The maximum Gasteiger partial charge on any atom is 0.225 e. The van der Waals surface area contributed by atoms with Gasteiger partial charge in [-0.15, -0.1) is 0 Å². The Hall–Kier alpha value is -2.82. The van der Waals surface area contributed by atoms with Crippen molar-refractivity contribution in [3.05, 3.63) is 60.2 Å². The van der Waals surface area contributed by atoms with E-state index in [0.717, 1.165) is 27.9 Å². The summed E-state index contributed by atoms with van der Waals surface area (Å²) >= 11 is 0. The van der Waals surface area contributed by atoms with E-state index in [-0.39, 0.29) is 11.9 Å². The summed E-state index contributed by atoms with van der Waals surface area (Å²) in [6.07, 6.45) is 3.74.